The first kappa shape index (κ1) is 19.0. The summed E-state index contributed by atoms with van der Waals surface area (Å²) >= 11 is 1.78. The molecule has 7 heteroatoms. The van der Waals surface area contributed by atoms with E-state index in [2.05, 4.69) is 29.0 Å². The van der Waals surface area contributed by atoms with Gasteiger partial charge in [0, 0.05) is 29.4 Å². The molecular formula is C21H25N3O3S. The van der Waals surface area contributed by atoms with Crippen molar-refractivity contribution in [1.29, 1.82) is 0 Å². The Kier molecular flexibility index (Phi) is 5.64. The van der Waals surface area contributed by atoms with E-state index >= 15 is 0 Å². The average molecular weight is 400 g/mol. The summed E-state index contributed by atoms with van der Waals surface area (Å²) in [5.74, 6) is -0.111. The summed E-state index contributed by atoms with van der Waals surface area (Å²) in [6.07, 6.45) is 3.13. The maximum absolute atomic E-state index is 12.8. The van der Waals surface area contributed by atoms with Gasteiger partial charge in [-0.15, -0.1) is 11.3 Å². The standard InChI is InChI=1S/C21H25N3O3S/c1-2-17-16-10-13-28-19(16)9-11-24(17)21(26)23-15-7-5-14(6-8-15)22-20(25)18-4-3-12-27-18/h5-8,10,13,17-18H,2-4,9,11-12H2,1H3,(H,22,25)(H,23,26). The van der Waals surface area contributed by atoms with Crippen molar-refractivity contribution in [1.82, 2.24) is 4.90 Å². The predicted octanol–water partition coefficient (Wildman–Crippen LogP) is 4.41. The van der Waals surface area contributed by atoms with Crippen LogP contribution in [0.4, 0.5) is 16.2 Å². The minimum Gasteiger partial charge on any atom is -0.368 e. The molecule has 2 unspecified atom stereocenters. The van der Waals surface area contributed by atoms with Gasteiger partial charge in [0.2, 0.25) is 0 Å². The molecular weight excluding hydrogens is 374 g/mol. The molecule has 1 aromatic carbocycles. The van der Waals surface area contributed by atoms with Crippen LogP contribution >= 0.6 is 11.3 Å². The number of urea groups is 1. The third kappa shape index (κ3) is 3.91. The summed E-state index contributed by atoms with van der Waals surface area (Å²) < 4.78 is 5.40. The molecule has 2 aromatic rings. The van der Waals surface area contributed by atoms with E-state index in [1.54, 1.807) is 23.5 Å². The van der Waals surface area contributed by atoms with E-state index in [9.17, 15) is 9.59 Å². The fraction of sp³-hybridized carbons (Fsp3) is 0.429. The van der Waals surface area contributed by atoms with Crippen LogP contribution in [-0.4, -0.2) is 36.1 Å². The first-order valence-electron chi connectivity index (χ1n) is 9.82. The van der Waals surface area contributed by atoms with E-state index in [0.29, 0.717) is 18.0 Å². The summed E-state index contributed by atoms with van der Waals surface area (Å²) in [7, 11) is 0. The van der Waals surface area contributed by atoms with Gasteiger partial charge in [-0.2, -0.15) is 0 Å². The number of thiophene rings is 1. The monoisotopic (exact) mass is 399 g/mol. The van der Waals surface area contributed by atoms with E-state index in [1.165, 1.54) is 10.4 Å². The number of carbonyl (C=O) groups excluding carboxylic acids is 2. The third-order valence-electron chi connectivity index (χ3n) is 5.37. The van der Waals surface area contributed by atoms with Crippen LogP contribution in [0.15, 0.2) is 35.7 Å². The smallest absolute Gasteiger partial charge is 0.322 e. The fourth-order valence-electron chi connectivity index (χ4n) is 3.92. The first-order chi connectivity index (χ1) is 13.7. The molecule has 2 N–H and O–H groups in total. The zero-order valence-corrected chi connectivity index (χ0v) is 16.8. The number of fused-ring (bicyclic) bond motifs is 1. The largest absolute Gasteiger partial charge is 0.368 e. The van der Waals surface area contributed by atoms with E-state index in [-0.39, 0.29) is 24.1 Å². The van der Waals surface area contributed by atoms with Crippen LogP contribution in [0.2, 0.25) is 0 Å². The van der Waals surface area contributed by atoms with Gasteiger partial charge in [-0.05, 0) is 67.0 Å². The Morgan fingerprint density at radius 2 is 1.93 bits per heavy atom. The van der Waals surface area contributed by atoms with E-state index < -0.39 is 0 Å². The average Bonchev–Trinajstić information content (AvgIpc) is 3.40. The second-order valence-corrected chi connectivity index (χ2v) is 8.17. The zero-order valence-electron chi connectivity index (χ0n) is 15.9. The molecule has 0 radical (unpaired) electrons. The maximum Gasteiger partial charge on any atom is 0.322 e. The Morgan fingerprint density at radius 3 is 2.61 bits per heavy atom. The van der Waals surface area contributed by atoms with Gasteiger partial charge in [0.15, 0.2) is 0 Å². The summed E-state index contributed by atoms with van der Waals surface area (Å²) in [6.45, 7) is 3.49. The lowest BCUT2D eigenvalue weighted by molar-refractivity contribution is -0.124. The number of nitrogens with zero attached hydrogens (tertiary/aromatic N) is 1. The summed E-state index contributed by atoms with van der Waals surface area (Å²) in [5.41, 5.74) is 2.69. The topological polar surface area (TPSA) is 70.7 Å². The van der Waals surface area contributed by atoms with Crippen molar-refractivity contribution in [3.63, 3.8) is 0 Å². The van der Waals surface area contributed by atoms with Gasteiger partial charge in [0.25, 0.3) is 5.91 Å². The number of nitrogens with one attached hydrogen (secondary N) is 2. The quantitative estimate of drug-likeness (QED) is 0.800. The summed E-state index contributed by atoms with van der Waals surface area (Å²) in [6, 6.07) is 9.40. The second kappa shape index (κ2) is 8.32. The molecule has 1 saturated heterocycles. The van der Waals surface area contributed by atoms with Crippen LogP contribution in [0.1, 0.15) is 42.7 Å². The van der Waals surface area contributed by atoms with Gasteiger partial charge in [-0.3, -0.25) is 4.79 Å². The van der Waals surface area contributed by atoms with Crippen molar-refractivity contribution in [2.75, 3.05) is 23.8 Å². The number of anilines is 2. The Labute approximate surface area is 168 Å². The Balaban J connectivity index is 1.37. The van der Waals surface area contributed by atoms with Crippen molar-refractivity contribution in [2.24, 2.45) is 0 Å². The van der Waals surface area contributed by atoms with Crippen LogP contribution in [-0.2, 0) is 16.0 Å². The number of hydrogen-bond acceptors (Lipinski definition) is 4. The Bertz CT molecular complexity index is 843. The van der Waals surface area contributed by atoms with E-state index in [0.717, 1.165) is 32.2 Å². The number of carbonyl (C=O) groups is 2. The van der Waals surface area contributed by atoms with E-state index in [1.807, 2.05) is 17.0 Å². The van der Waals surface area contributed by atoms with Gasteiger partial charge >= 0.3 is 6.03 Å². The highest BCUT2D eigenvalue weighted by molar-refractivity contribution is 7.10. The minimum absolute atomic E-state index is 0.0835. The van der Waals surface area contributed by atoms with Crippen LogP contribution in [0.5, 0.6) is 0 Å². The summed E-state index contributed by atoms with van der Waals surface area (Å²) in [4.78, 5) is 28.3. The van der Waals surface area contributed by atoms with Gasteiger partial charge in [0.1, 0.15) is 6.10 Å². The number of benzene rings is 1. The Hall–Kier alpha value is -2.38. The van der Waals surface area contributed by atoms with Crippen molar-refractivity contribution in [2.45, 2.75) is 44.8 Å². The molecule has 2 atom stereocenters. The highest BCUT2D eigenvalue weighted by atomic mass is 32.1. The molecule has 2 aliphatic heterocycles. The fourth-order valence-corrected chi connectivity index (χ4v) is 4.85. The zero-order chi connectivity index (χ0) is 19.5. The second-order valence-electron chi connectivity index (χ2n) is 7.16. The molecule has 148 valence electrons. The molecule has 3 heterocycles. The lowest BCUT2D eigenvalue weighted by Crippen LogP contribution is -2.41. The van der Waals surface area contributed by atoms with Crippen LogP contribution in [0, 0.1) is 0 Å². The maximum atomic E-state index is 12.8. The van der Waals surface area contributed by atoms with Crippen molar-refractivity contribution in [3.05, 3.63) is 46.2 Å². The summed E-state index contributed by atoms with van der Waals surface area (Å²) in [5, 5.41) is 7.96. The van der Waals surface area contributed by atoms with Crippen molar-refractivity contribution in [3.8, 4) is 0 Å². The van der Waals surface area contributed by atoms with Crippen LogP contribution in [0.25, 0.3) is 0 Å². The molecule has 2 aliphatic rings. The van der Waals surface area contributed by atoms with Gasteiger partial charge in [0.05, 0.1) is 6.04 Å². The van der Waals surface area contributed by atoms with E-state index in [4.69, 9.17) is 4.74 Å². The van der Waals surface area contributed by atoms with Crippen LogP contribution < -0.4 is 10.6 Å². The molecule has 4 rings (SSSR count). The molecule has 0 bridgehead atoms. The molecule has 28 heavy (non-hydrogen) atoms. The van der Waals surface area contributed by atoms with Crippen molar-refractivity contribution >= 4 is 34.6 Å². The number of amides is 3. The third-order valence-corrected chi connectivity index (χ3v) is 6.36. The SMILES string of the molecule is CCC1c2ccsc2CCN1C(=O)Nc1ccc(NC(=O)C2CCCO2)cc1. The highest BCUT2D eigenvalue weighted by Crippen LogP contribution is 2.35. The molecule has 1 aromatic heterocycles. The molecule has 0 aliphatic carbocycles. The molecule has 0 saturated carbocycles. The number of ether oxygens (including phenoxy) is 1. The highest BCUT2D eigenvalue weighted by Gasteiger charge is 2.30. The van der Waals surface area contributed by atoms with Gasteiger partial charge in [-0.1, -0.05) is 6.92 Å². The van der Waals surface area contributed by atoms with Crippen LogP contribution in [0.3, 0.4) is 0 Å². The lowest BCUT2D eigenvalue weighted by Gasteiger charge is -2.35. The molecule has 1 fully saturated rings. The number of rotatable bonds is 4. The minimum atomic E-state index is -0.355. The van der Waals surface area contributed by atoms with Gasteiger partial charge < -0.3 is 20.3 Å². The number of hydrogen-bond donors (Lipinski definition) is 2. The normalized spacial score (nSPS) is 21.2. The molecule has 0 spiro atoms. The Morgan fingerprint density at radius 1 is 1.18 bits per heavy atom. The van der Waals surface area contributed by atoms with Crippen molar-refractivity contribution < 1.29 is 14.3 Å². The molecule has 3 amide bonds. The van der Waals surface area contributed by atoms with Gasteiger partial charge in [-0.25, -0.2) is 4.79 Å². The first-order valence-corrected chi connectivity index (χ1v) is 10.7. The predicted molar refractivity (Wildman–Crippen MR) is 111 cm³/mol. The molecule has 6 nitrogen and oxygen atoms in total. The lowest BCUT2D eigenvalue weighted by atomic mass is 9.98.